The molecule has 0 bridgehead atoms. The summed E-state index contributed by atoms with van der Waals surface area (Å²) in [5.41, 5.74) is 3.50. The first-order chi connectivity index (χ1) is 17.4. The molecule has 4 rings (SSSR count). The molecule has 3 aromatic carbocycles. The van der Waals surface area contributed by atoms with Crippen LogP contribution in [0.2, 0.25) is 5.02 Å². The van der Waals surface area contributed by atoms with E-state index in [9.17, 15) is 9.18 Å². The number of nitrogens with zero attached hydrogens (tertiary/aromatic N) is 2. The zero-order valence-corrected chi connectivity index (χ0v) is 20.6. The van der Waals surface area contributed by atoms with Crippen molar-refractivity contribution in [2.45, 2.75) is 0 Å². The molecule has 0 saturated carbocycles. The van der Waals surface area contributed by atoms with Gasteiger partial charge in [0.05, 0.1) is 29.5 Å². The summed E-state index contributed by atoms with van der Waals surface area (Å²) in [5, 5.41) is 14.4. The maximum atomic E-state index is 13.3. The van der Waals surface area contributed by atoms with E-state index in [2.05, 4.69) is 16.4 Å². The quantitative estimate of drug-likeness (QED) is 0.281. The summed E-state index contributed by atoms with van der Waals surface area (Å²) in [6.45, 7) is -0.268. The number of hydrogen-bond donors (Lipinski definition) is 1. The Morgan fingerprint density at radius 1 is 1.17 bits per heavy atom. The van der Waals surface area contributed by atoms with Gasteiger partial charge in [-0.1, -0.05) is 35.9 Å². The summed E-state index contributed by atoms with van der Waals surface area (Å²) < 4.78 is 24.3. The number of amides is 1. The van der Waals surface area contributed by atoms with Crippen LogP contribution in [0.3, 0.4) is 0 Å². The van der Waals surface area contributed by atoms with Gasteiger partial charge < -0.3 is 14.8 Å². The number of anilines is 1. The fourth-order valence-electron chi connectivity index (χ4n) is 3.23. The van der Waals surface area contributed by atoms with Gasteiger partial charge in [-0.3, -0.25) is 4.79 Å². The van der Waals surface area contributed by atoms with Gasteiger partial charge in [-0.15, -0.1) is 11.3 Å². The van der Waals surface area contributed by atoms with E-state index in [1.165, 1.54) is 36.6 Å². The number of nitrogens with one attached hydrogen (secondary N) is 1. The van der Waals surface area contributed by atoms with Crippen molar-refractivity contribution < 1.29 is 18.7 Å². The van der Waals surface area contributed by atoms with Crippen LogP contribution in [0.15, 0.2) is 66.0 Å². The molecule has 36 heavy (non-hydrogen) atoms. The molecule has 180 valence electrons. The molecule has 1 heterocycles. The minimum absolute atomic E-state index is 0.0822. The standard InChI is InChI=1S/C27H19ClFN3O3S/c1-34-25-12-17(6-10-27-32-23(16-36-27)19-4-2-3-18(11-19)14-30)5-9-24(25)35-15-26(33)31-20-7-8-22(29)21(28)13-20/h2-13,16H,15H2,1H3,(H,31,33)/b10-6+. The summed E-state index contributed by atoms with van der Waals surface area (Å²) in [7, 11) is 1.51. The third-order valence-electron chi connectivity index (χ3n) is 4.98. The fraction of sp³-hybridized carbons (Fsp3) is 0.0741. The molecular weight excluding hydrogens is 501 g/mol. The Hall–Kier alpha value is -4.19. The Balaban J connectivity index is 1.39. The summed E-state index contributed by atoms with van der Waals surface area (Å²) in [6, 6.07) is 18.7. The number of aromatic nitrogens is 1. The van der Waals surface area contributed by atoms with Gasteiger partial charge in [0.15, 0.2) is 18.1 Å². The van der Waals surface area contributed by atoms with Crippen LogP contribution in [-0.2, 0) is 4.79 Å². The zero-order valence-electron chi connectivity index (χ0n) is 19.0. The third-order valence-corrected chi connectivity index (χ3v) is 6.08. The Kier molecular flexibility index (Phi) is 7.95. The van der Waals surface area contributed by atoms with Gasteiger partial charge in [0, 0.05) is 16.6 Å². The SMILES string of the molecule is COc1cc(/C=C/c2nc(-c3cccc(C#N)c3)cs2)ccc1OCC(=O)Nc1ccc(F)c(Cl)c1. The molecule has 9 heteroatoms. The van der Waals surface area contributed by atoms with Gasteiger partial charge in [0.2, 0.25) is 0 Å². The van der Waals surface area contributed by atoms with E-state index in [1.54, 1.807) is 24.3 Å². The van der Waals surface area contributed by atoms with Crippen molar-refractivity contribution in [1.82, 2.24) is 4.98 Å². The lowest BCUT2D eigenvalue weighted by molar-refractivity contribution is -0.118. The van der Waals surface area contributed by atoms with E-state index in [-0.39, 0.29) is 11.6 Å². The fourth-order valence-corrected chi connectivity index (χ4v) is 4.13. The Labute approximate surface area is 216 Å². The molecule has 0 aliphatic heterocycles. The molecule has 4 aromatic rings. The highest BCUT2D eigenvalue weighted by Crippen LogP contribution is 2.30. The highest BCUT2D eigenvalue weighted by atomic mass is 35.5. The molecule has 0 unspecified atom stereocenters. The van der Waals surface area contributed by atoms with Crippen LogP contribution in [-0.4, -0.2) is 24.6 Å². The van der Waals surface area contributed by atoms with Crippen molar-refractivity contribution in [3.8, 4) is 28.8 Å². The third kappa shape index (κ3) is 6.27. The first-order valence-corrected chi connectivity index (χ1v) is 11.9. The summed E-state index contributed by atoms with van der Waals surface area (Å²) >= 11 is 7.23. The summed E-state index contributed by atoms with van der Waals surface area (Å²) in [6.07, 6.45) is 3.78. The van der Waals surface area contributed by atoms with Crippen molar-refractivity contribution in [3.05, 3.63) is 93.0 Å². The molecule has 1 aromatic heterocycles. The number of rotatable bonds is 8. The number of nitriles is 1. The largest absolute Gasteiger partial charge is 0.493 e. The lowest BCUT2D eigenvalue weighted by Crippen LogP contribution is -2.20. The van der Waals surface area contributed by atoms with Crippen molar-refractivity contribution in [1.29, 1.82) is 5.26 Å². The first-order valence-electron chi connectivity index (χ1n) is 10.6. The molecule has 0 aliphatic rings. The molecule has 6 nitrogen and oxygen atoms in total. The zero-order chi connectivity index (χ0) is 25.5. The number of carbonyl (C=O) groups is 1. The molecule has 0 radical (unpaired) electrons. The average Bonchev–Trinajstić information content (AvgIpc) is 3.38. The maximum Gasteiger partial charge on any atom is 0.262 e. The number of carbonyl (C=O) groups excluding carboxylic acids is 1. The molecule has 1 amide bonds. The molecule has 0 aliphatic carbocycles. The lowest BCUT2D eigenvalue weighted by atomic mass is 10.1. The number of methoxy groups -OCH3 is 1. The van der Waals surface area contributed by atoms with E-state index in [0.29, 0.717) is 22.7 Å². The predicted octanol–water partition coefficient (Wildman–Crippen LogP) is 6.67. The van der Waals surface area contributed by atoms with Crippen LogP contribution in [0.4, 0.5) is 10.1 Å². The normalized spacial score (nSPS) is 10.7. The van der Waals surface area contributed by atoms with E-state index >= 15 is 0 Å². The Morgan fingerprint density at radius 3 is 2.81 bits per heavy atom. The van der Waals surface area contributed by atoms with Gasteiger partial charge in [0.1, 0.15) is 10.8 Å². The first kappa shape index (κ1) is 24.9. The minimum Gasteiger partial charge on any atom is -0.493 e. The monoisotopic (exact) mass is 519 g/mol. The molecule has 1 N–H and O–H groups in total. The van der Waals surface area contributed by atoms with Gasteiger partial charge in [0.25, 0.3) is 5.91 Å². The van der Waals surface area contributed by atoms with Crippen LogP contribution in [0, 0.1) is 17.1 Å². The average molecular weight is 520 g/mol. The highest BCUT2D eigenvalue weighted by Gasteiger charge is 2.10. The lowest BCUT2D eigenvalue weighted by Gasteiger charge is -2.12. The van der Waals surface area contributed by atoms with E-state index in [0.717, 1.165) is 21.8 Å². The van der Waals surface area contributed by atoms with Crippen LogP contribution in [0.5, 0.6) is 11.5 Å². The summed E-state index contributed by atoms with van der Waals surface area (Å²) in [4.78, 5) is 16.8. The Morgan fingerprint density at radius 2 is 2.03 bits per heavy atom. The topological polar surface area (TPSA) is 84.2 Å². The van der Waals surface area contributed by atoms with Crippen molar-refractivity contribution in [3.63, 3.8) is 0 Å². The smallest absolute Gasteiger partial charge is 0.262 e. The molecular formula is C27H19ClFN3O3S. The second kappa shape index (κ2) is 11.5. The predicted molar refractivity (Wildman–Crippen MR) is 140 cm³/mol. The minimum atomic E-state index is -0.564. The molecule has 0 spiro atoms. The number of halogens is 2. The number of hydrogen-bond acceptors (Lipinski definition) is 6. The van der Waals surface area contributed by atoms with Crippen LogP contribution >= 0.6 is 22.9 Å². The highest BCUT2D eigenvalue weighted by molar-refractivity contribution is 7.10. The van der Waals surface area contributed by atoms with Gasteiger partial charge in [-0.05, 0) is 54.1 Å². The summed E-state index contributed by atoms with van der Waals surface area (Å²) in [5.74, 6) is -0.132. The molecule has 0 saturated heterocycles. The van der Waals surface area contributed by atoms with Crippen LogP contribution in [0.25, 0.3) is 23.4 Å². The Bertz CT molecular complexity index is 1480. The van der Waals surface area contributed by atoms with Gasteiger partial charge in [-0.25, -0.2) is 9.37 Å². The van der Waals surface area contributed by atoms with Crippen molar-refractivity contribution >= 4 is 46.7 Å². The van der Waals surface area contributed by atoms with E-state index in [4.69, 9.17) is 26.3 Å². The van der Waals surface area contributed by atoms with E-state index in [1.807, 2.05) is 35.7 Å². The molecule has 0 fully saturated rings. The van der Waals surface area contributed by atoms with Crippen molar-refractivity contribution in [2.24, 2.45) is 0 Å². The van der Waals surface area contributed by atoms with Crippen molar-refractivity contribution in [2.75, 3.05) is 19.0 Å². The second-order valence-electron chi connectivity index (χ2n) is 7.47. The van der Waals surface area contributed by atoms with Crippen LogP contribution < -0.4 is 14.8 Å². The van der Waals surface area contributed by atoms with E-state index < -0.39 is 11.7 Å². The maximum absolute atomic E-state index is 13.3. The number of thiazole rings is 1. The van der Waals surface area contributed by atoms with Gasteiger partial charge in [-0.2, -0.15) is 5.26 Å². The number of benzene rings is 3. The van der Waals surface area contributed by atoms with Crippen LogP contribution in [0.1, 0.15) is 16.1 Å². The molecule has 0 atom stereocenters. The van der Waals surface area contributed by atoms with Gasteiger partial charge >= 0.3 is 0 Å². The second-order valence-corrected chi connectivity index (χ2v) is 8.77. The number of ether oxygens (including phenoxy) is 2.